The summed E-state index contributed by atoms with van der Waals surface area (Å²) < 4.78 is 16.9. The van der Waals surface area contributed by atoms with Crippen molar-refractivity contribution in [3.05, 3.63) is 59.8 Å². The number of alkyl carbamates (subject to hydrolysis) is 1. The summed E-state index contributed by atoms with van der Waals surface area (Å²) >= 11 is 0. The first kappa shape index (κ1) is 34.9. The van der Waals surface area contributed by atoms with Gasteiger partial charge in [0.2, 0.25) is 5.91 Å². The van der Waals surface area contributed by atoms with Crippen LogP contribution in [-0.4, -0.2) is 60.0 Å². The molecule has 264 valence electrons. The first-order valence-electron chi connectivity index (χ1n) is 17.9. The number of carbonyl (C=O) groups is 2. The molecule has 1 aromatic carbocycles. The first-order chi connectivity index (χ1) is 23.4. The minimum Gasteiger partial charge on any atom is -0.496 e. The summed E-state index contributed by atoms with van der Waals surface area (Å²) in [4.78, 5) is 38.2. The molecule has 2 heterocycles. The topological polar surface area (TPSA) is 127 Å². The number of nitrogens with zero attached hydrogens (tertiary/aromatic N) is 3. The van der Waals surface area contributed by atoms with E-state index in [1.807, 2.05) is 17.0 Å². The van der Waals surface area contributed by atoms with E-state index in [0.717, 1.165) is 55.5 Å². The molecule has 10 heteroatoms. The predicted molar refractivity (Wildman–Crippen MR) is 188 cm³/mol. The number of aryl methyl sites for hydroxylation is 1. The van der Waals surface area contributed by atoms with Crippen molar-refractivity contribution in [3.63, 3.8) is 0 Å². The van der Waals surface area contributed by atoms with Gasteiger partial charge in [0.05, 0.1) is 13.7 Å². The van der Waals surface area contributed by atoms with E-state index in [4.69, 9.17) is 29.0 Å². The van der Waals surface area contributed by atoms with Gasteiger partial charge in [-0.15, -0.1) is 0 Å². The van der Waals surface area contributed by atoms with E-state index >= 15 is 0 Å². The van der Waals surface area contributed by atoms with Crippen LogP contribution in [0.15, 0.2) is 47.2 Å². The second-order valence-corrected chi connectivity index (χ2v) is 15.6. The van der Waals surface area contributed by atoms with Gasteiger partial charge in [-0.25, -0.2) is 14.8 Å². The van der Waals surface area contributed by atoms with Gasteiger partial charge in [0.25, 0.3) is 0 Å². The van der Waals surface area contributed by atoms with Crippen LogP contribution in [0.4, 0.5) is 10.6 Å². The molecule has 4 fully saturated rings. The number of rotatable bonds is 10. The SMILES string of the molecule is COc1ccc(C23CCC(CN(C(=O)C4CCC(OC(=O)NCCO)CC4)c4cc(-c5coc(C(C)(C)C)n5)ccn4)(CC2)CC3)cc1C. The van der Waals surface area contributed by atoms with Crippen LogP contribution in [-0.2, 0) is 20.4 Å². The summed E-state index contributed by atoms with van der Waals surface area (Å²) in [5.41, 5.74) is 4.15. The Labute approximate surface area is 290 Å². The van der Waals surface area contributed by atoms with Crippen LogP contribution in [0.5, 0.6) is 5.75 Å². The van der Waals surface area contributed by atoms with Gasteiger partial charge < -0.3 is 24.3 Å². The van der Waals surface area contributed by atoms with E-state index in [1.165, 1.54) is 11.1 Å². The van der Waals surface area contributed by atoms with Gasteiger partial charge in [-0.1, -0.05) is 32.9 Å². The number of carbonyl (C=O) groups excluding carboxylic acids is 2. The molecule has 2 aromatic heterocycles. The lowest BCUT2D eigenvalue weighted by molar-refractivity contribution is -0.124. The number of fused-ring (bicyclic) bond motifs is 3. The van der Waals surface area contributed by atoms with Crippen molar-refractivity contribution < 1.29 is 28.6 Å². The molecule has 49 heavy (non-hydrogen) atoms. The number of aliphatic hydroxyl groups is 1. The van der Waals surface area contributed by atoms with Gasteiger partial charge in [0.1, 0.15) is 29.6 Å². The van der Waals surface area contributed by atoms with E-state index in [1.54, 1.807) is 19.6 Å². The summed E-state index contributed by atoms with van der Waals surface area (Å²) in [5, 5.41) is 11.5. The Kier molecular flexibility index (Phi) is 10.1. The number of nitrogens with one attached hydrogen (secondary N) is 1. The van der Waals surface area contributed by atoms with Gasteiger partial charge in [0.15, 0.2) is 5.89 Å². The molecular formula is C39H52N4O6. The zero-order chi connectivity index (χ0) is 34.8. The number of aliphatic hydroxyl groups excluding tert-OH is 1. The van der Waals surface area contributed by atoms with Gasteiger partial charge in [0, 0.05) is 36.2 Å². The third-order valence-electron chi connectivity index (χ3n) is 11.3. The van der Waals surface area contributed by atoms with Gasteiger partial charge in [-0.3, -0.25) is 9.69 Å². The monoisotopic (exact) mass is 672 g/mol. The van der Waals surface area contributed by atoms with E-state index in [9.17, 15) is 9.59 Å². The van der Waals surface area contributed by atoms with Crippen molar-refractivity contribution in [2.75, 3.05) is 31.7 Å². The molecule has 0 saturated heterocycles. The molecule has 0 unspecified atom stereocenters. The maximum absolute atomic E-state index is 14.6. The van der Waals surface area contributed by atoms with Gasteiger partial charge in [-0.2, -0.15) is 0 Å². The number of ether oxygens (including phenoxy) is 2. The van der Waals surface area contributed by atoms with E-state index < -0.39 is 6.09 Å². The Hall–Kier alpha value is -3.92. The smallest absolute Gasteiger partial charge is 0.407 e. The third-order valence-corrected chi connectivity index (χ3v) is 11.3. The molecule has 0 spiro atoms. The highest BCUT2D eigenvalue weighted by Crippen LogP contribution is 2.58. The maximum Gasteiger partial charge on any atom is 0.407 e. The van der Waals surface area contributed by atoms with Crippen LogP contribution >= 0.6 is 0 Å². The van der Waals surface area contributed by atoms with Crippen molar-refractivity contribution in [2.45, 2.75) is 109 Å². The molecule has 4 saturated carbocycles. The van der Waals surface area contributed by atoms with Crippen LogP contribution in [0.2, 0.25) is 0 Å². The fourth-order valence-corrected chi connectivity index (χ4v) is 8.22. The maximum atomic E-state index is 14.6. The Balaban J connectivity index is 1.23. The number of benzene rings is 1. The number of amides is 2. The highest BCUT2D eigenvalue weighted by molar-refractivity contribution is 5.95. The summed E-state index contributed by atoms with van der Waals surface area (Å²) in [7, 11) is 1.72. The number of oxazole rings is 1. The molecule has 2 N–H and O–H groups in total. The molecule has 3 aromatic rings. The summed E-state index contributed by atoms with van der Waals surface area (Å²) in [6.45, 7) is 8.98. The second-order valence-electron chi connectivity index (χ2n) is 15.6. The normalized spacial score (nSPS) is 25.1. The summed E-state index contributed by atoms with van der Waals surface area (Å²) in [6.07, 6.45) is 11.7. The van der Waals surface area contributed by atoms with Crippen molar-refractivity contribution >= 4 is 17.8 Å². The largest absolute Gasteiger partial charge is 0.496 e. The molecule has 0 atom stereocenters. The molecule has 2 bridgehead atoms. The fourth-order valence-electron chi connectivity index (χ4n) is 8.22. The van der Waals surface area contributed by atoms with Crippen molar-refractivity contribution in [3.8, 4) is 17.0 Å². The molecule has 2 amide bonds. The zero-order valence-electron chi connectivity index (χ0n) is 29.7. The van der Waals surface area contributed by atoms with Crippen molar-refractivity contribution in [1.29, 1.82) is 0 Å². The van der Waals surface area contributed by atoms with Gasteiger partial charge >= 0.3 is 6.09 Å². The Morgan fingerprint density at radius 2 is 1.76 bits per heavy atom. The van der Waals surface area contributed by atoms with E-state index in [2.05, 4.69) is 51.2 Å². The van der Waals surface area contributed by atoms with Crippen LogP contribution in [0.1, 0.15) is 102 Å². The fraction of sp³-hybridized carbons (Fsp3) is 0.590. The zero-order valence-corrected chi connectivity index (χ0v) is 29.7. The summed E-state index contributed by atoms with van der Waals surface area (Å²) in [5.74, 6) is 2.14. The standard InChI is InChI=1S/C39H52N4O6/c1-26-22-29(8-11-32(26)47-5)39-16-13-38(14-17-39,15-18-39)25-43(34(45)27-6-9-30(10-7-27)49-36(46)41-20-21-44)33-23-28(12-19-40-33)31-24-48-35(42-31)37(2,3)4/h8,11-12,19,22-24,27,30,44H,6-7,9-10,13-18,20-21,25H2,1-5H3,(H,41,46). The highest BCUT2D eigenvalue weighted by atomic mass is 16.6. The lowest BCUT2D eigenvalue weighted by Crippen LogP contribution is -2.52. The average Bonchev–Trinajstić information content (AvgIpc) is 3.62. The molecule has 4 aliphatic carbocycles. The minimum absolute atomic E-state index is 0.0228. The molecule has 7 rings (SSSR count). The van der Waals surface area contributed by atoms with E-state index in [-0.39, 0.29) is 47.3 Å². The molecule has 0 radical (unpaired) electrons. The van der Waals surface area contributed by atoms with Crippen LogP contribution < -0.4 is 15.0 Å². The van der Waals surface area contributed by atoms with Crippen LogP contribution in [0, 0.1) is 18.3 Å². The van der Waals surface area contributed by atoms with Crippen molar-refractivity contribution in [1.82, 2.24) is 15.3 Å². The Morgan fingerprint density at radius 1 is 1.04 bits per heavy atom. The molecular weight excluding hydrogens is 620 g/mol. The number of hydrogen-bond acceptors (Lipinski definition) is 8. The van der Waals surface area contributed by atoms with Crippen molar-refractivity contribution in [2.24, 2.45) is 11.3 Å². The number of aromatic nitrogens is 2. The Bertz CT molecular complexity index is 1610. The minimum atomic E-state index is -0.525. The highest BCUT2D eigenvalue weighted by Gasteiger charge is 2.51. The molecule has 0 aliphatic heterocycles. The third kappa shape index (κ3) is 7.49. The lowest BCUT2D eigenvalue weighted by Gasteiger charge is -2.55. The molecule has 10 nitrogen and oxygen atoms in total. The number of pyridine rings is 1. The predicted octanol–water partition coefficient (Wildman–Crippen LogP) is 7.25. The molecule has 4 aliphatic rings. The Morgan fingerprint density at radius 3 is 2.37 bits per heavy atom. The number of hydrogen-bond donors (Lipinski definition) is 2. The summed E-state index contributed by atoms with van der Waals surface area (Å²) in [6, 6.07) is 10.6. The van der Waals surface area contributed by atoms with Crippen LogP contribution in [0.25, 0.3) is 11.3 Å². The van der Waals surface area contributed by atoms with E-state index in [0.29, 0.717) is 43.9 Å². The number of anilines is 1. The van der Waals surface area contributed by atoms with Gasteiger partial charge in [-0.05, 0) is 111 Å². The van der Waals surface area contributed by atoms with Crippen LogP contribution in [0.3, 0.4) is 0 Å². The average molecular weight is 673 g/mol. The number of methoxy groups -OCH3 is 1. The first-order valence-corrected chi connectivity index (χ1v) is 17.9. The second kappa shape index (κ2) is 14.1. The lowest BCUT2D eigenvalue weighted by atomic mass is 9.51. The quantitative estimate of drug-likeness (QED) is 0.231.